The van der Waals surface area contributed by atoms with Crippen molar-refractivity contribution in [1.29, 1.82) is 0 Å². The van der Waals surface area contributed by atoms with Gasteiger partial charge in [-0.1, -0.05) is 45.1 Å². The quantitative estimate of drug-likeness (QED) is 0.336. The molecule has 0 aromatic heterocycles. The van der Waals surface area contributed by atoms with Gasteiger partial charge in [0.15, 0.2) is 23.1 Å². The minimum Gasteiger partial charge on any atom is -0.494 e. The van der Waals surface area contributed by atoms with Crippen molar-refractivity contribution in [3.05, 3.63) is 71.0 Å². The molecule has 0 heterocycles. The average molecular weight is 530 g/mol. The molecule has 3 aromatic rings. The van der Waals surface area contributed by atoms with Crippen molar-refractivity contribution in [2.45, 2.75) is 31.1 Å². The molecule has 0 amide bonds. The van der Waals surface area contributed by atoms with Crippen LogP contribution in [0, 0.1) is 5.82 Å². The standard InChI is InChI=1S/C28H32FNO6S/c1-28(2,3)20-11-13-21(14-12-20)37(31,32)30-26-19(10-15-22(33-4)25(26)29)9-8-18-16-23(34-5)27(36-7)24(17-18)35-6/h8-17,30H,1-7H3. The van der Waals surface area contributed by atoms with Gasteiger partial charge in [0.25, 0.3) is 10.0 Å². The van der Waals surface area contributed by atoms with Gasteiger partial charge in [-0.2, -0.15) is 0 Å². The fourth-order valence-corrected chi connectivity index (χ4v) is 4.77. The van der Waals surface area contributed by atoms with Gasteiger partial charge in [0.2, 0.25) is 5.75 Å². The van der Waals surface area contributed by atoms with Gasteiger partial charge in [-0.15, -0.1) is 0 Å². The van der Waals surface area contributed by atoms with Gasteiger partial charge in [0.05, 0.1) is 39.0 Å². The zero-order chi connectivity index (χ0) is 27.4. The van der Waals surface area contributed by atoms with E-state index < -0.39 is 15.8 Å². The first-order chi connectivity index (χ1) is 17.4. The van der Waals surface area contributed by atoms with Crippen molar-refractivity contribution < 1.29 is 31.8 Å². The summed E-state index contributed by atoms with van der Waals surface area (Å²) in [4.78, 5) is 0.0160. The smallest absolute Gasteiger partial charge is 0.262 e. The summed E-state index contributed by atoms with van der Waals surface area (Å²) in [6, 6.07) is 13.0. The number of nitrogens with one attached hydrogen (secondary N) is 1. The Bertz CT molecular complexity index is 1370. The van der Waals surface area contributed by atoms with Gasteiger partial charge in [-0.25, -0.2) is 12.8 Å². The highest BCUT2D eigenvalue weighted by atomic mass is 32.2. The van der Waals surface area contributed by atoms with Crippen LogP contribution in [0.25, 0.3) is 12.2 Å². The summed E-state index contributed by atoms with van der Waals surface area (Å²) in [7, 11) is 1.73. The Hall–Kier alpha value is -3.72. The zero-order valence-corrected chi connectivity index (χ0v) is 22.8. The van der Waals surface area contributed by atoms with Crippen LogP contribution in [0.3, 0.4) is 0 Å². The van der Waals surface area contributed by atoms with Crippen LogP contribution in [-0.4, -0.2) is 36.9 Å². The predicted molar refractivity (Wildman–Crippen MR) is 144 cm³/mol. The van der Waals surface area contributed by atoms with Gasteiger partial charge in [-0.05, 0) is 52.9 Å². The molecule has 0 fully saturated rings. The first kappa shape index (κ1) is 27.9. The van der Waals surface area contributed by atoms with Crippen LogP contribution in [0.15, 0.2) is 53.4 Å². The number of anilines is 1. The molecule has 3 rings (SSSR count). The van der Waals surface area contributed by atoms with Crippen LogP contribution in [0.5, 0.6) is 23.0 Å². The lowest BCUT2D eigenvalue weighted by molar-refractivity contribution is 0.324. The molecule has 198 valence electrons. The second kappa shape index (κ2) is 11.1. The molecule has 7 nitrogen and oxygen atoms in total. The Balaban J connectivity index is 2.03. The lowest BCUT2D eigenvalue weighted by Crippen LogP contribution is -2.16. The largest absolute Gasteiger partial charge is 0.494 e. The molecule has 9 heteroatoms. The Kier molecular flexibility index (Phi) is 8.38. The normalized spacial score (nSPS) is 11.9. The zero-order valence-electron chi connectivity index (χ0n) is 22.0. The minimum absolute atomic E-state index is 0.0160. The Morgan fingerprint density at radius 2 is 1.35 bits per heavy atom. The summed E-state index contributed by atoms with van der Waals surface area (Å²) >= 11 is 0. The van der Waals surface area contributed by atoms with Crippen molar-refractivity contribution in [3.8, 4) is 23.0 Å². The third-order valence-electron chi connectivity index (χ3n) is 5.77. The summed E-state index contributed by atoms with van der Waals surface area (Å²) in [5.74, 6) is 0.405. The molecule has 0 spiro atoms. The van der Waals surface area contributed by atoms with Crippen molar-refractivity contribution in [2.75, 3.05) is 33.2 Å². The number of halogens is 1. The monoisotopic (exact) mass is 529 g/mol. The van der Waals surface area contributed by atoms with Crippen LogP contribution in [-0.2, 0) is 15.4 Å². The first-order valence-electron chi connectivity index (χ1n) is 11.4. The van der Waals surface area contributed by atoms with E-state index in [9.17, 15) is 8.42 Å². The summed E-state index contributed by atoms with van der Waals surface area (Å²) in [5.41, 5.74) is 1.56. The molecule has 0 aliphatic rings. The maximum atomic E-state index is 15.3. The lowest BCUT2D eigenvalue weighted by atomic mass is 9.87. The molecule has 37 heavy (non-hydrogen) atoms. The number of methoxy groups -OCH3 is 4. The van der Waals surface area contributed by atoms with E-state index in [1.807, 2.05) is 20.8 Å². The molecule has 0 unspecified atom stereocenters. The number of ether oxygens (including phenoxy) is 4. The predicted octanol–water partition coefficient (Wildman–Crippen LogP) is 6.13. The molecule has 0 atom stereocenters. The molecule has 0 saturated heterocycles. The summed E-state index contributed by atoms with van der Waals surface area (Å²) in [6.45, 7) is 6.10. The van der Waals surface area contributed by atoms with Crippen LogP contribution < -0.4 is 23.7 Å². The van der Waals surface area contributed by atoms with E-state index in [0.717, 1.165) is 5.56 Å². The van der Waals surface area contributed by atoms with E-state index in [2.05, 4.69) is 4.72 Å². The van der Waals surface area contributed by atoms with Crippen LogP contribution >= 0.6 is 0 Å². The molecule has 3 aromatic carbocycles. The highest BCUT2D eigenvalue weighted by molar-refractivity contribution is 7.92. The van der Waals surface area contributed by atoms with Gasteiger partial charge in [0.1, 0.15) is 0 Å². The summed E-state index contributed by atoms with van der Waals surface area (Å²) < 4.78 is 65.3. The first-order valence-corrected chi connectivity index (χ1v) is 12.9. The van der Waals surface area contributed by atoms with E-state index in [1.165, 1.54) is 46.6 Å². The van der Waals surface area contributed by atoms with Gasteiger partial charge >= 0.3 is 0 Å². The van der Waals surface area contributed by atoms with Gasteiger partial charge in [0, 0.05) is 5.56 Å². The molecule has 0 aliphatic heterocycles. The highest BCUT2D eigenvalue weighted by Gasteiger charge is 2.22. The van der Waals surface area contributed by atoms with E-state index >= 15 is 4.39 Å². The van der Waals surface area contributed by atoms with E-state index in [4.69, 9.17) is 18.9 Å². The fourth-order valence-electron chi connectivity index (χ4n) is 3.68. The maximum Gasteiger partial charge on any atom is 0.262 e. The molecular formula is C28H32FNO6S. The van der Waals surface area contributed by atoms with E-state index in [-0.39, 0.29) is 21.7 Å². The summed E-state index contributed by atoms with van der Waals surface area (Å²) in [5, 5.41) is 0. The fraction of sp³-hybridized carbons (Fsp3) is 0.286. The van der Waals surface area contributed by atoms with Crippen LogP contribution in [0.1, 0.15) is 37.5 Å². The third kappa shape index (κ3) is 6.17. The molecular weight excluding hydrogens is 497 g/mol. The van der Waals surface area contributed by atoms with E-state index in [0.29, 0.717) is 28.4 Å². The number of benzene rings is 3. The second-order valence-corrected chi connectivity index (χ2v) is 10.9. The SMILES string of the molecule is COc1ccc(C=Cc2cc(OC)c(OC)c(OC)c2)c(NS(=O)(=O)c2ccc(C(C)(C)C)cc2)c1F. The molecule has 0 aliphatic carbocycles. The second-order valence-electron chi connectivity index (χ2n) is 9.22. The Morgan fingerprint density at radius 3 is 1.84 bits per heavy atom. The lowest BCUT2D eigenvalue weighted by Gasteiger charge is -2.19. The van der Waals surface area contributed by atoms with Crippen molar-refractivity contribution in [1.82, 2.24) is 0 Å². The van der Waals surface area contributed by atoms with Gasteiger partial charge in [-0.3, -0.25) is 4.72 Å². The third-order valence-corrected chi connectivity index (χ3v) is 7.13. The van der Waals surface area contributed by atoms with Crippen LogP contribution in [0.2, 0.25) is 0 Å². The van der Waals surface area contributed by atoms with Crippen molar-refractivity contribution in [2.24, 2.45) is 0 Å². The Labute approximate surface area is 217 Å². The van der Waals surface area contributed by atoms with E-state index in [1.54, 1.807) is 42.5 Å². The molecule has 0 radical (unpaired) electrons. The average Bonchev–Trinajstić information content (AvgIpc) is 2.87. The molecule has 0 bridgehead atoms. The Morgan fingerprint density at radius 1 is 0.784 bits per heavy atom. The highest BCUT2D eigenvalue weighted by Crippen LogP contribution is 2.39. The topological polar surface area (TPSA) is 83.1 Å². The number of hydrogen-bond donors (Lipinski definition) is 1. The van der Waals surface area contributed by atoms with Crippen molar-refractivity contribution in [3.63, 3.8) is 0 Å². The number of rotatable bonds is 9. The molecule has 0 saturated carbocycles. The van der Waals surface area contributed by atoms with Crippen molar-refractivity contribution >= 4 is 27.9 Å². The van der Waals surface area contributed by atoms with Crippen LogP contribution in [0.4, 0.5) is 10.1 Å². The summed E-state index contributed by atoms with van der Waals surface area (Å²) in [6.07, 6.45) is 3.27. The number of sulfonamides is 1. The molecule has 1 N–H and O–H groups in total. The maximum absolute atomic E-state index is 15.3. The van der Waals surface area contributed by atoms with Gasteiger partial charge < -0.3 is 18.9 Å². The number of hydrogen-bond acceptors (Lipinski definition) is 6. The minimum atomic E-state index is -4.09.